The summed E-state index contributed by atoms with van der Waals surface area (Å²) in [6, 6.07) is 0.0297. The average molecular weight is 225 g/mol. The smallest absolute Gasteiger partial charge is 0.323 e. The van der Waals surface area contributed by atoms with Crippen LogP contribution in [-0.4, -0.2) is 46.1 Å². The fourth-order valence-corrected chi connectivity index (χ4v) is 1.79. The van der Waals surface area contributed by atoms with Crippen LogP contribution in [0.2, 0.25) is 0 Å². The van der Waals surface area contributed by atoms with Crippen molar-refractivity contribution >= 4 is 5.91 Å². The summed E-state index contributed by atoms with van der Waals surface area (Å²) in [5, 5.41) is 0. The molecule has 1 aliphatic rings. The first kappa shape index (κ1) is 10.9. The van der Waals surface area contributed by atoms with Crippen LogP contribution in [0.3, 0.4) is 0 Å². The molecule has 1 saturated heterocycles. The number of nitrogens with one attached hydrogen (secondary N) is 2. The minimum atomic E-state index is -0.364. The van der Waals surface area contributed by atoms with Crippen molar-refractivity contribution in [3.8, 4) is 0 Å². The van der Waals surface area contributed by atoms with Crippen molar-refractivity contribution in [2.24, 2.45) is 0 Å². The maximum Gasteiger partial charge on any atom is 0.323 e. The second-order valence-corrected chi connectivity index (χ2v) is 4.11. The van der Waals surface area contributed by atoms with Crippen LogP contribution < -0.4 is 5.69 Å². The second kappa shape index (κ2) is 4.13. The molecule has 2 unspecified atom stereocenters. The first-order valence-electron chi connectivity index (χ1n) is 5.28. The summed E-state index contributed by atoms with van der Waals surface area (Å²) in [5.41, 5.74) is -0.0664. The van der Waals surface area contributed by atoms with Gasteiger partial charge in [-0.25, -0.2) is 4.79 Å². The first-order chi connectivity index (χ1) is 7.58. The molecule has 0 saturated carbocycles. The fraction of sp³-hybridized carbons (Fsp3) is 0.600. The van der Waals surface area contributed by atoms with Crippen LogP contribution >= 0.6 is 0 Å². The molecule has 2 N–H and O–H groups in total. The molecule has 0 bridgehead atoms. The number of imidazole rings is 1. The van der Waals surface area contributed by atoms with Crippen LogP contribution in [0, 0.1) is 0 Å². The number of ether oxygens (including phenoxy) is 1. The molecule has 0 aliphatic carbocycles. The largest absolute Gasteiger partial charge is 0.375 e. The lowest BCUT2D eigenvalue weighted by molar-refractivity contribution is -0.0388. The van der Waals surface area contributed by atoms with Crippen molar-refractivity contribution in [1.29, 1.82) is 0 Å². The van der Waals surface area contributed by atoms with Crippen LogP contribution in [-0.2, 0) is 4.74 Å². The van der Waals surface area contributed by atoms with Gasteiger partial charge in [0, 0.05) is 12.7 Å². The van der Waals surface area contributed by atoms with E-state index >= 15 is 0 Å². The molecule has 1 aliphatic heterocycles. The average Bonchev–Trinajstić information content (AvgIpc) is 2.67. The van der Waals surface area contributed by atoms with Crippen LogP contribution in [0.4, 0.5) is 0 Å². The molecule has 88 valence electrons. The standard InChI is InChI=1S/C10H15N3O3/c1-6-5-16-7(2)4-13(6)9(14)8-3-11-10(15)12-8/h3,6-7H,4-5H2,1-2H3,(H2,11,12,15). The van der Waals surface area contributed by atoms with Crippen molar-refractivity contribution in [2.45, 2.75) is 26.0 Å². The molecule has 1 aromatic heterocycles. The number of morpholine rings is 1. The highest BCUT2D eigenvalue weighted by molar-refractivity contribution is 5.92. The van der Waals surface area contributed by atoms with Gasteiger partial charge < -0.3 is 19.6 Å². The van der Waals surface area contributed by atoms with Gasteiger partial charge in [0.15, 0.2) is 0 Å². The predicted molar refractivity (Wildman–Crippen MR) is 57.3 cm³/mol. The van der Waals surface area contributed by atoms with Crippen molar-refractivity contribution in [3.05, 3.63) is 22.4 Å². The number of carbonyl (C=O) groups is 1. The number of hydrogen-bond acceptors (Lipinski definition) is 3. The fourth-order valence-electron chi connectivity index (χ4n) is 1.79. The number of carbonyl (C=O) groups excluding carboxylic acids is 1. The minimum Gasteiger partial charge on any atom is -0.375 e. The molecule has 1 aromatic rings. The van der Waals surface area contributed by atoms with E-state index < -0.39 is 0 Å². The van der Waals surface area contributed by atoms with E-state index in [-0.39, 0.29) is 23.7 Å². The van der Waals surface area contributed by atoms with Gasteiger partial charge in [0.2, 0.25) is 0 Å². The van der Waals surface area contributed by atoms with Crippen molar-refractivity contribution in [2.75, 3.05) is 13.2 Å². The van der Waals surface area contributed by atoms with E-state index in [0.717, 1.165) is 0 Å². The predicted octanol–water partition coefficient (Wildman–Crippen LogP) is -0.0476. The molecule has 1 amide bonds. The van der Waals surface area contributed by atoms with Crippen LogP contribution in [0.25, 0.3) is 0 Å². The van der Waals surface area contributed by atoms with Crippen LogP contribution in [0.15, 0.2) is 11.0 Å². The highest BCUT2D eigenvalue weighted by atomic mass is 16.5. The number of aromatic nitrogens is 2. The third-order valence-electron chi connectivity index (χ3n) is 2.69. The highest BCUT2D eigenvalue weighted by Crippen LogP contribution is 2.13. The summed E-state index contributed by atoms with van der Waals surface area (Å²) >= 11 is 0. The zero-order valence-electron chi connectivity index (χ0n) is 9.32. The summed E-state index contributed by atoms with van der Waals surface area (Å²) in [4.78, 5) is 29.6. The summed E-state index contributed by atoms with van der Waals surface area (Å²) in [6.45, 7) is 4.93. The Bertz CT molecular complexity index is 437. The van der Waals surface area contributed by atoms with Crippen molar-refractivity contribution in [3.63, 3.8) is 0 Å². The van der Waals surface area contributed by atoms with Crippen LogP contribution in [0.5, 0.6) is 0 Å². The highest BCUT2D eigenvalue weighted by Gasteiger charge is 2.28. The molecule has 0 radical (unpaired) electrons. The molecule has 1 fully saturated rings. The quantitative estimate of drug-likeness (QED) is 0.703. The monoisotopic (exact) mass is 225 g/mol. The molecular formula is C10H15N3O3. The Morgan fingerprint density at radius 2 is 2.31 bits per heavy atom. The third kappa shape index (κ3) is 2.01. The Labute approximate surface area is 92.6 Å². The SMILES string of the molecule is CC1CN(C(=O)c2c[nH]c(=O)[nH]2)C(C)CO1. The molecule has 0 aromatic carbocycles. The van der Waals surface area contributed by atoms with Gasteiger partial charge in [-0.05, 0) is 13.8 Å². The molecule has 0 spiro atoms. The van der Waals surface area contributed by atoms with Gasteiger partial charge in [-0.3, -0.25) is 4.79 Å². The molecular weight excluding hydrogens is 210 g/mol. The topological polar surface area (TPSA) is 78.2 Å². The molecule has 6 heteroatoms. The molecule has 2 rings (SSSR count). The number of H-pyrrole nitrogens is 2. The zero-order valence-corrected chi connectivity index (χ0v) is 9.32. The first-order valence-corrected chi connectivity index (χ1v) is 5.28. The van der Waals surface area contributed by atoms with Gasteiger partial charge in [-0.1, -0.05) is 0 Å². The lowest BCUT2D eigenvalue weighted by Gasteiger charge is -2.36. The van der Waals surface area contributed by atoms with Crippen LogP contribution in [0.1, 0.15) is 24.3 Å². The van der Waals surface area contributed by atoms with E-state index in [1.807, 2.05) is 13.8 Å². The summed E-state index contributed by atoms with van der Waals surface area (Å²) < 4.78 is 5.44. The maximum absolute atomic E-state index is 12.0. The Morgan fingerprint density at radius 1 is 1.56 bits per heavy atom. The van der Waals surface area contributed by atoms with Gasteiger partial charge in [0.1, 0.15) is 5.69 Å². The van der Waals surface area contributed by atoms with E-state index in [9.17, 15) is 9.59 Å². The zero-order chi connectivity index (χ0) is 11.7. The van der Waals surface area contributed by atoms with Crippen molar-refractivity contribution in [1.82, 2.24) is 14.9 Å². The minimum absolute atomic E-state index is 0.0297. The van der Waals surface area contributed by atoms with E-state index in [1.54, 1.807) is 4.90 Å². The number of hydrogen-bond donors (Lipinski definition) is 2. The maximum atomic E-state index is 12.0. The Hall–Kier alpha value is -1.56. The van der Waals surface area contributed by atoms with Gasteiger partial charge >= 0.3 is 5.69 Å². The van der Waals surface area contributed by atoms with Gasteiger partial charge in [-0.2, -0.15) is 0 Å². The number of rotatable bonds is 1. The summed E-state index contributed by atoms with van der Waals surface area (Å²) in [7, 11) is 0. The Balaban J connectivity index is 2.17. The normalized spacial score (nSPS) is 25.8. The Morgan fingerprint density at radius 3 is 2.94 bits per heavy atom. The van der Waals surface area contributed by atoms with E-state index in [0.29, 0.717) is 18.8 Å². The summed E-state index contributed by atoms with van der Waals surface area (Å²) in [6.07, 6.45) is 1.43. The lowest BCUT2D eigenvalue weighted by atomic mass is 10.2. The molecule has 2 atom stereocenters. The second-order valence-electron chi connectivity index (χ2n) is 4.11. The van der Waals surface area contributed by atoms with E-state index in [4.69, 9.17) is 4.74 Å². The molecule has 2 heterocycles. The van der Waals surface area contributed by atoms with E-state index in [2.05, 4.69) is 9.97 Å². The number of nitrogens with zero attached hydrogens (tertiary/aromatic N) is 1. The number of amides is 1. The Kier molecular flexibility index (Phi) is 2.82. The lowest BCUT2D eigenvalue weighted by Crippen LogP contribution is -2.50. The number of aromatic amines is 2. The molecule has 16 heavy (non-hydrogen) atoms. The van der Waals surface area contributed by atoms with Gasteiger partial charge in [0.25, 0.3) is 5.91 Å². The van der Waals surface area contributed by atoms with Gasteiger partial charge in [0.05, 0.1) is 18.8 Å². The van der Waals surface area contributed by atoms with Crippen molar-refractivity contribution < 1.29 is 9.53 Å². The molecule has 6 nitrogen and oxygen atoms in total. The summed E-state index contributed by atoms with van der Waals surface area (Å²) in [5.74, 6) is -0.166. The van der Waals surface area contributed by atoms with Gasteiger partial charge in [-0.15, -0.1) is 0 Å². The van der Waals surface area contributed by atoms with E-state index in [1.165, 1.54) is 6.20 Å². The third-order valence-corrected chi connectivity index (χ3v) is 2.69.